The van der Waals surface area contributed by atoms with E-state index in [-0.39, 0.29) is 0 Å². The largest absolute Gasteiger partial charge is 0.350 e. The van der Waals surface area contributed by atoms with Gasteiger partial charge in [0.05, 0.1) is 6.20 Å². The number of azo groups is 1. The van der Waals surface area contributed by atoms with E-state index in [1.165, 1.54) is 18.6 Å². The van der Waals surface area contributed by atoms with E-state index in [9.17, 15) is 10.0 Å². The van der Waals surface area contributed by atoms with Crippen molar-refractivity contribution in [2.24, 2.45) is 10.2 Å². The Labute approximate surface area is 161 Å². The molecule has 0 atom stereocenters. The van der Waals surface area contributed by atoms with E-state index in [0.29, 0.717) is 5.69 Å². The monoisotopic (exact) mass is 370 g/mol. The third-order valence-electron chi connectivity index (χ3n) is 4.43. The molecule has 0 saturated carbocycles. The Hall–Kier alpha value is -3.77. The van der Waals surface area contributed by atoms with Crippen LogP contribution in [0, 0.1) is 6.92 Å². The number of hydrogen-bond donors (Lipinski definition) is 2. The Kier molecular flexibility index (Phi) is 4.70. The number of nitrogens with one attached hydrogen (secondary N) is 1. The normalized spacial score (nSPS) is 13.6. The minimum Gasteiger partial charge on any atom is -0.350 e. The molecule has 1 aliphatic rings. The van der Waals surface area contributed by atoms with Crippen LogP contribution in [0.25, 0.3) is 22.0 Å². The number of hydrogen-bond acceptors (Lipinski definition) is 4. The maximum atomic E-state index is 12.8. The number of carbonyl (C=O) groups excluding carboxylic acids is 1. The van der Waals surface area contributed by atoms with Crippen molar-refractivity contribution >= 4 is 16.8 Å². The lowest BCUT2D eigenvalue weighted by Gasteiger charge is -2.08. The predicted molar refractivity (Wildman–Crippen MR) is 108 cm³/mol. The first-order chi connectivity index (χ1) is 13.6. The highest BCUT2D eigenvalue weighted by Crippen LogP contribution is 2.33. The first kappa shape index (κ1) is 17.6. The quantitative estimate of drug-likeness (QED) is 0.610. The van der Waals surface area contributed by atoms with Crippen LogP contribution in [0.4, 0.5) is 0 Å². The fourth-order valence-electron chi connectivity index (χ4n) is 3.08. The maximum absolute atomic E-state index is 12.8. The molecule has 0 saturated heterocycles. The molecule has 0 spiro atoms. The molecule has 6 heteroatoms. The molecule has 3 aromatic rings. The van der Waals surface area contributed by atoms with Gasteiger partial charge in [0.2, 0.25) is 0 Å². The van der Waals surface area contributed by atoms with Gasteiger partial charge in [-0.3, -0.25) is 10.0 Å². The summed E-state index contributed by atoms with van der Waals surface area (Å²) in [6.45, 7) is 2.02. The van der Waals surface area contributed by atoms with Crippen LogP contribution >= 0.6 is 0 Å². The summed E-state index contributed by atoms with van der Waals surface area (Å²) < 4.78 is 0. The number of aromatic amines is 1. The molecule has 0 radical (unpaired) electrons. The molecule has 2 N–H and O–H groups in total. The van der Waals surface area contributed by atoms with Gasteiger partial charge in [-0.15, -0.1) is 5.11 Å². The van der Waals surface area contributed by atoms with E-state index in [2.05, 4.69) is 21.3 Å². The molecule has 0 fully saturated rings. The molecule has 138 valence electrons. The van der Waals surface area contributed by atoms with Gasteiger partial charge in [-0.25, -0.2) is 5.06 Å². The van der Waals surface area contributed by atoms with E-state index >= 15 is 0 Å². The lowest BCUT2D eigenvalue weighted by atomic mass is 10.0. The number of benzene rings is 2. The summed E-state index contributed by atoms with van der Waals surface area (Å²) in [6, 6.07) is 15.8. The van der Waals surface area contributed by atoms with Crippen molar-refractivity contribution in [2.45, 2.75) is 6.92 Å². The third kappa shape index (κ3) is 3.54. The number of aromatic nitrogens is 1. The zero-order chi connectivity index (χ0) is 19.5. The summed E-state index contributed by atoms with van der Waals surface area (Å²) in [5.74, 6) is -0.447. The maximum Gasteiger partial charge on any atom is 0.312 e. The highest BCUT2D eigenvalue weighted by Gasteiger charge is 2.19. The highest BCUT2D eigenvalue weighted by atomic mass is 16.5. The standard InChI is InChI=1S/C22H18N4O2/c1-15-7-8-19-18(13-15)20(17-5-3-2-4-6-17)21(24-19)22(27)25-23-14-16-9-11-26(28)12-10-16/h2-14,24,28H,1H3. The van der Waals surface area contributed by atoms with Crippen LogP contribution in [-0.4, -0.2) is 21.2 Å². The van der Waals surface area contributed by atoms with Crippen molar-refractivity contribution < 1.29 is 10.0 Å². The van der Waals surface area contributed by atoms with Crippen LogP contribution < -0.4 is 0 Å². The summed E-state index contributed by atoms with van der Waals surface area (Å²) in [5.41, 5.74) is 4.88. The van der Waals surface area contributed by atoms with Crippen LogP contribution in [0.3, 0.4) is 0 Å². The number of hydroxylamine groups is 2. The molecule has 2 heterocycles. The van der Waals surface area contributed by atoms with Gasteiger partial charge in [0.15, 0.2) is 0 Å². The molecule has 0 unspecified atom stereocenters. The van der Waals surface area contributed by atoms with Crippen LogP contribution in [0.15, 0.2) is 95.1 Å². The van der Waals surface area contributed by atoms with Gasteiger partial charge in [0.25, 0.3) is 0 Å². The second kappa shape index (κ2) is 7.46. The zero-order valence-electron chi connectivity index (χ0n) is 15.2. The summed E-state index contributed by atoms with van der Waals surface area (Å²) in [6.07, 6.45) is 7.72. The van der Waals surface area contributed by atoms with Crippen molar-refractivity contribution in [3.05, 3.63) is 96.1 Å². The Morgan fingerprint density at radius 2 is 1.86 bits per heavy atom. The molecular formula is C22H18N4O2. The molecule has 0 bridgehead atoms. The van der Waals surface area contributed by atoms with E-state index in [1.54, 1.807) is 12.2 Å². The van der Waals surface area contributed by atoms with Crippen molar-refractivity contribution in [1.82, 2.24) is 10.0 Å². The minimum absolute atomic E-state index is 0.408. The first-order valence-electron chi connectivity index (χ1n) is 8.78. The molecule has 28 heavy (non-hydrogen) atoms. The highest BCUT2D eigenvalue weighted by molar-refractivity contribution is 6.10. The smallest absolute Gasteiger partial charge is 0.312 e. The molecule has 6 nitrogen and oxygen atoms in total. The van der Waals surface area contributed by atoms with Gasteiger partial charge in [0, 0.05) is 28.9 Å². The molecule has 1 aromatic heterocycles. The molecule has 1 amide bonds. The van der Waals surface area contributed by atoms with E-state index in [4.69, 9.17) is 0 Å². The zero-order valence-corrected chi connectivity index (χ0v) is 15.2. The Bertz CT molecular complexity index is 1140. The number of carbonyl (C=O) groups is 1. The van der Waals surface area contributed by atoms with E-state index < -0.39 is 5.91 Å². The van der Waals surface area contributed by atoms with Crippen LogP contribution in [0.5, 0.6) is 0 Å². The van der Waals surface area contributed by atoms with E-state index in [0.717, 1.165) is 38.2 Å². The Morgan fingerprint density at radius 1 is 1.11 bits per heavy atom. The van der Waals surface area contributed by atoms with Crippen molar-refractivity contribution in [3.8, 4) is 11.1 Å². The molecule has 4 rings (SSSR count). The second-order valence-electron chi connectivity index (χ2n) is 6.45. The van der Waals surface area contributed by atoms with Gasteiger partial charge >= 0.3 is 5.91 Å². The molecule has 1 aliphatic heterocycles. The molecule has 2 aromatic carbocycles. The van der Waals surface area contributed by atoms with Crippen molar-refractivity contribution in [2.75, 3.05) is 0 Å². The predicted octanol–water partition coefficient (Wildman–Crippen LogP) is 5.35. The second-order valence-corrected chi connectivity index (χ2v) is 6.45. The Morgan fingerprint density at radius 3 is 2.61 bits per heavy atom. The number of H-pyrrole nitrogens is 1. The molecular weight excluding hydrogens is 352 g/mol. The topological polar surface area (TPSA) is 81.0 Å². The lowest BCUT2D eigenvalue weighted by Crippen LogP contribution is -2.04. The summed E-state index contributed by atoms with van der Waals surface area (Å²) in [5, 5.41) is 18.9. The number of aryl methyl sites for hydroxylation is 1. The van der Waals surface area contributed by atoms with Gasteiger partial charge in [-0.1, -0.05) is 42.0 Å². The van der Waals surface area contributed by atoms with E-state index in [1.807, 2.05) is 49.4 Å². The summed E-state index contributed by atoms with van der Waals surface area (Å²) >= 11 is 0. The van der Waals surface area contributed by atoms with Crippen LogP contribution in [-0.2, 0) is 0 Å². The van der Waals surface area contributed by atoms with Gasteiger partial charge in [-0.05, 0) is 42.3 Å². The summed E-state index contributed by atoms with van der Waals surface area (Å²) in [7, 11) is 0. The third-order valence-corrected chi connectivity index (χ3v) is 4.43. The lowest BCUT2D eigenvalue weighted by molar-refractivity contribution is 0.0105. The SMILES string of the molecule is Cc1ccc2[nH]c(C(=O)N=NC=C3C=CN(O)C=C3)c(-c3ccccc3)c2c1. The fraction of sp³-hybridized carbons (Fsp3) is 0.0455. The number of fused-ring (bicyclic) bond motifs is 1. The first-order valence-corrected chi connectivity index (χ1v) is 8.78. The number of amides is 1. The average molecular weight is 370 g/mol. The number of allylic oxidation sites excluding steroid dienone is 3. The van der Waals surface area contributed by atoms with Crippen LogP contribution in [0.2, 0.25) is 0 Å². The minimum atomic E-state index is -0.447. The van der Waals surface area contributed by atoms with Gasteiger partial charge in [-0.2, -0.15) is 5.11 Å². The molecule has 0 aliphatic carbocycles. The summed E-state index contributed by atoms with van der Waals surface area (Å²) in [4.78, 5) is 16.0. The average Bonchev–Trinajstić information content (AvgIpc) is 3.09. The van der Waals surface area contributed by atoms with Crippen molar-refractivity contribution in [3.63, 3.8) is 0 Å². The van der Waals surface area contributed by atoms with Gasteiger partial charge in [0.1, 0.15) is 5.69 Å². The Balaban J connectivity index is 1.73. The van der Waals surface area contributed by atoms with Gasteiger partial charge < -0.3 is 4.98 Å². The number of rotatable bonds is 3. The fourth-order valence-corrected chi connectivity index (χ4v) is 3.08. The van der Waals surface area contributed by atoms with Crippen LogP contribution in [0.1, 0.15) is 16.1 Å². The number of nitrogens with zero attached hydrogens (tertiary/aromatic N) is 3. The van der Waals surface area contributed by atoms with Crippen molar-refractivity contribution in [1.29, 1.82) is 0 Å².